The van der Waals surface area contributed by atoms with Gasteiger partial charge in [-0.2, -0.15) is 5.10 Å². The van der Waals surface area contributed by atoms with Crippen molar-refractivity contribution in [1.29, 1.82) is 0 Å². The van der Waals surface area contributed by atoms with Gasteiger partial charge in [0.15, 0.2) is 5.96 Å². The van der Waals surface area contributed by atoms with E-state index in [4.69, 9.17) is 11.6 Å². The number of halogens is 2. The van der Waals surface area contributed by atoms with Crippen molar-refractivity contribution in [3.63, 3.8) is 0 Å². The maximum atomic E-state index is 5.95. The Morgan fingerprint density at radius 2 is 1.96 bits per heavy atom. The van der Waals surface area contributed by atoms with Gasteiger partial charge in [0.2, 0.25) is 0 Å². The Morgan fingerprint density at radius 3 is 2.56 bits per heavy atom. The minimum Gasteiger partial charge on any atom is -0.354 e. The SMILES string of the molecule is CN=C(NCc1ncnn1C)NC1CCN(Cc2ccc(Cl)cc2)CC1.I. The third kappa shape index (κ3) is 6.62. The summed E-state index contributed by atoms with van der Waals surface area (Å²) in [6.07, 6.45) is 3.75. The lowest BCUT2D eigenvalue weighted by atomic mass is 10.0. The molecule has 0 amide bonds. The Morgan fingerprint density at radius 1 is 1.26 bits per heavy atom. The Bertz CT molecular complexity index is 724. The molecular weight excluding hydrogens is 477 g/mol. The van der Waals surface area contributed by atoms with Crippen molar-refractivity contribution in [1.82, 2.24) is 30.3 Å². The van der Waals surface area contributed by atoms with Crippen molar-refractivity contribution in [3.8, 4) is 0 Å². The monoisotopic (exact) mass is 503 g/mol. The normalized spacial score (nSPS) is 16.0. The molecule has 9 heteroatoms. The van der Waals surface area contributed by atoms with Gasteiger partial charge in [-0.3, -0.25) is 14.6 Å². The molecule has 1 aliphatic heterocycles. The van der Waals surface area contributed by atoms with Crippen LogP contribution in [-0.4, -0.2) is 51.8 Å². The van der Waals surface area contributed by atoms with Crippen molar-refractivity contribution < 1.29 is 0 Å². The second-order valence-corrected chi connectivity index (χ2v) is 6.98. The number of aromatic nitrogens is 3. The fourth-order valence-corrected chi connectivity index (χ4v) is 3.24. The van der Waals surface area contributed by atoms with E-state index < -0.39 is 0 Å². The number of guanidine groups is 1. The van der Waals surface area contributed by atoms with Crippen molar-refractivity contribution in [2.75, 3.05) is 20.1 Å². The zero-order valence-corrected chi connectivity index (χ0v) is 18.8. The zero-order chi connectivity index (χ0) is 18.4. The highest BCUT2D eigenvalue weighted by Crippen LogP contribution is 2.16. The van der Waals surface area contributed by atoms with Crippen LogP contribution in [0, 0.1) is 0 Å². The molecule has 7 nitrogen and oxygen atoms in total. The number of rotatable bonds is 5. The molecule has 0 saturated carbocycles. The van der Waals surface area contributed by atoms with E-state index in [9.17, 15) is 0 Å². The summed E-state index contributed by atoms with van der Waals surface area (Å²) in [7, 11) is 3.68. The summed E-state index contributed by atoms with van der Waals surface area (Å²) < 4.78 is 1.76. The molecule has 1 aliphatic rings. The van der Waals surface area contributed by atoms with Crippen LogP contribution in [-0.2, 0) is 20.1 Å². The topological polar surface area (TPSA) is 70.4 Å². The van der Waals surface area contributed by atoms with Gasteiger partial charge in [0.1, 0.15) is 12.2 Å². The number of piperidine rings is 1. The minimum atomic E-state index is 0. The summed E-state index contributed by atoms with van der Waals surface area (Å²) in [5, 5.41) is 11.7. The van der Waals surface area contributed by atoms with Gasteiger partial charge in [-0.25, -0.2) is 4.98 Å². The van der Waals surface area contributed by atoms with Gasteiger partial charge in [-0.15, -0.1) is 24.0 Å². The summed E-state index contributed by atoms with van der Waals surface area (Å²) in [6.45, 7) is 3.72. The first-order valence-corrected chi connectivity index (χ1v) is 9.28. The maximum Gasteiger partial charge on any atom is 0.191 e. The van der Waals surface area contributed by atoms with E-state index >= 15 is 0 Å². The van der Waals surface area contributed by atoms with E-state index in [0.717, 1.165) is 49.3 Å². The molecule has 2 heterocycles. The molecule has 0 atom stereocenters. The van der Waals surface area contributed by atoms with Gasteiger partial charge in [0.05, 0.1) is 6.54 Å². The average Bonchev–Trinajstić information content (AvgIpc) is 3.07. The molecule has 2 aromatic rings. The van der Waals surface area contributed by atoms with Crippen molar-refractivity contribution >= 4 is 41.5 Å². The average molecular weight is 504 g/mol. The highest BCUT2D eigenvalue weighted by molar-refractivity contribution is 14.0. The van der Waals surface area contributed by atoms with Crippen LogP contribution in [0.1, 0.15) is 24.2 Å². The van der Waals surface area contributed by atoms with Crippen LogP contribution in [0.15, 0.2) is 35.6 Å². The molecule has 0 spiro atoms. The van der Waals surface area contributed by atoms with Crippen LogP contribution in [0.4, 0.5) is 0 Å². The molecule has 0 radical (unpaired) electrons. The Kier molecular flexibility index (Phi) is 8.78. The fourth-order valence-electron chi connectivity index (χ4n) is 3.11. The lowest BCUT2D eigenvalue weighted by molar-refractivity contribution is 0.198. The lowest BCUT2D eigenvalue weighted by Gasteiger charge is -2.33. The van der Waals surface area contributed by atoms with Gasteiger partial charge in [0.25, 0.3) is 0 Å². The number of aliphatic imine (C=N–C) groups is 1. The van der Waals surface area contributed by atoms with E-state index in [-0.39, 0.29) is 24.0 Å². The largest absolute Gasteiger partial charge is 0.354 e. The highest BCUT2D eigenvalue weighted by atomic mass is 127. The standard InChI is InChI=1S/C18H26ClN7.HI/c1-20-18(21-11-17-22-13-23-25(17)2)24-16-7-9-26(10-8-16)12-14-3-5-15(19)6-4-14;/h3-6,13,16H,7-12H2,1-2H3,(H2,20,21,24);1H. The fraction of sp³-hybridized carbons (Fsp3) is 0.500. The number of nitrogens with zero attached hydrogens (tertiary/aromatic N) is 5. The first-order chi connectivity index (χ1) is 12.6. The zero-order valence-electron chi connectivity index (χ0n) is 15.7. The van der Waals surface area contributed by atoms with E-state index in [1.165, 1.54) is 5.56 Å². The number of likely N-dealkylation sites (tertiary alicyclic amines) is 1. The van der Waals surface area contributed by atoms with Gasteiger partial charge in [-0.05, 0) is 30.5 Å². The second-order valence-electron chi connectivity index (χ2n) is 6.55. The molecule has 1 aromatic heterocycles. The predicted molar refractivity (Wildman–Crippen MR) is 120 cm³/mol. The van der Waals surface area contributed by atoms with Crippen LogP contribution >= 0.6 is 35.6 Å². The lowest BCUT2D eigenvalue weighted by Crippen LogP contribution is -2.48. The molecule has 1 aromatic carbocycles. The molecule has 0 bridgehead atoms. The van der Waals surface area contributed by atoms with Crippen molar-refractivity contribution in [3.05, 3.63) is 47.0 Å². The summed E-state index contributed by atoms with van der Waals surface area (Å²) >= 11 is 5.95. The second kappa shape index (κ2) is 10.8. The molecule has 148 valence electrons. The van der Waals surface area contributed by atoms with Crippen molar-refractivity contribution in [2.45, 2.75) is 32.0 Å². The van der Waals surface area contributed by atoms with E-state index in [1.54, 1.807) is 18.1 Å². The highest BCUT2D eigenvalue weighted by Gasteiger charge is 2.20. The Labute approximate surface area is 182 Å². The van der Waals surface area contributed by atoms with Gasteiger partial charge in [0, 0.05) is 44.8 Å². The van der Waals surface area contributed by atoms with Gasteiger partial charge in [-0.1, -0.05) is 23.7 Å². The summed E-state index contributed by atoms with van der Waals surface area (Å²) in [5.41, 5.74) is 1.31. The summed E-state index contributed by atoms with van der Waals surface area (Å²) in [4.78, 5) is 11.0. The van der Waals surface area contributed by atoms with Crippen LogP contribution in [0.2, 0.25) is 5.02 Å². The predicted octanol–water partition coefficient (Wildman–Crippen LogP) is 2.42. The molecule has 3 rings (SSSR count). The Balaban J connectivity index is 0.00000261. The van der Waals surface area contributed by atoms with Crippen LogP contribution < -0.4 is 10.6 Å². The molecule has 2 N–H and O–H groups in total. The molecule has 1 saturated heterocycles. The summed E-state index contributed by atoms with van der Waals surface area (Å²) in [5.74, 6) is 1.69. The third-order valence-electron chi connectivity index (χ3n) is 4.69. The summed E-state index contributed by atoms with van der Waals surface area (Å²) in [6, 6.07) is 8.55. The van der Waals surface area contributed by atoms with Crippen molar-refractivity contribution in [2.24, 2.45) is 12.0 Å². The molecule has 1 fully saturated rings. The minimum absolute atomic E-state index is 0. The number of nitrogens with one attached hydrogen (secondary N) is 2. The van der Waals surface area contributed by atoms with Crippen LogP contribution in [0.3, 0.4) is 0 Å². The van der Waals surface area contributed by atoms with E-state index in [0.29, 0.717) is 12.6 Å². The van der Waals surface area contributed by atoms with Gasteiger partial charge >= 0.3 is 0 Å². The maximum absolute atomic E-state index is 5.95. The number of aryl methyl sites for hydroxylation is 1. The first-order valence-electron chi connectivity index (χ1n) is 8.91. The van der Waals surface area contributed by atoms with E-state index in [2.05, 4.69) is 42.7 Å². The smallest absolute Gasteiger partial charge is 0.191 e. The molecule has 0 aliphatic carbocycles. The molecule has 0 unspecified atom stereocenters. The van der Waals surface area contributed by atoms with Gasteiger partial charge < -0.3 is 10.6 Å². The first kappa shape index (κ1) is 21.9. The number of benzene rings is 1. The molecule has 27 heavy (non-hydrogen) atoms. The third-order valence-corrected chi connectivity index (χ3v) is 4.94. The van der Waals surface area contributed by atoms with E-state index in [1.807, 2.05) is 19.2 Å². The molecular formula is C18H27ClIN7. The number of hydrogen-bond acceptors (Lipinski definition) is 4. The van der Waals surface area contributed by atoms with Crippen LogP contribution in [0.5, 0.6) is 0 Å². The van der Waals surface area contributed by atoms with Crippen LogP contribution in [0.25, 0.3) is 0 Å². The quantitative estimate of drug-likeness (QED) is 0.373. The number of hydrogen-bond donors (Lipinski definition) is 2. The Hall–Kier alpha value is -1.39.